The number of carbonyl (C=O) groups is 1. The van der Waals surface area contributed by atoms with E-state index in [2.05, 4.69) is 0 Å². The van der Waals surface area contributed by atoms with Gasteiger partial charge in [-0.15, -0.1) is 0 Å². The first-order valence-electron chi connectivity index (χ1n) is 13.5. The molecule has 2 aromatic carbocycles. The fourth-order valence-corrected chi connectivity index (χ4v) is 10.7. The molecular formula is C28H28F7NO5S2. The second kappa shape index (κ2) is 10.2. The Morgan fingerprint density at radius 2 is 1.49 bits per heavy atom. The molecule has 6 nitrogen and oxygen atoms in total. The number of nitrogens with zero attached hydrogens (tertiary/aromatic N) is 1. The van der Waals surface area contributed by atoms with Crippen molar-refractivity contribution in [2.75, 3.05) is 18.1 Å². The molecule has 0 aromatic heterocycles. The van der Waals surface area contributed by atoms with E-state index in [1.807, 2.05) is 0 Å². The molecule has 0 saturated carbocycles. The van der Waals surface area contributed by atoms with Crippen molar-refractivity contribution in [2.24, 2.45) is 5.92 Å². The topological polar surface area (TPSA) is 88.6 Å². The van der Waals surface area contributed by atoms with Gasteiger partial charge in [0.15, 0.2) is 9.84 Å². The van der Waals surface area contributed by atoms with Crippen LogP contribution in [-0.2, 0) is 41.3 Å². The number of carbonyl (C=O) groups excluding carboxylic acids is 1. The minimum Gasteiger partial charge on any atom is -0.337 e. The number of aryl methyl sites for hydroxylation is 2. The molecule has 2 saturated heterocycles. The summed E-state index contributed by atoms with van der Waals surface area (Å²) in [4.78, 5) is 14.9. The van der Waals surface area contributed by atoms with Crippen molar-refractivity contribution in [3.63, 3.8) is 0 Å². The molecule has 0 bridgehead atoms. The minimum absolute atomic E-state index is 0.0511. The molecule has 2 unspecified atom stereocenters. The van der Waals surface area contributed by atoms with Crippen molar-refractivity contribution < 1.29 is 52.4 Å². The molecule has 2 aliphatic heterocycles. The number of rotatable bonds is 4. The van der Waals surface area contributed by atoms with E-state index in [0.717, 1.165) is 11.6 Å². The van der Waals surface area contributed by atoms with Crippen molar-refractivity contribution in [3.8, 4) is 0 Å². The Hall–Kier alpha value is -2.68. The predicted molar refractivity (Wildman–Crippen MR) is 141 cm³/mol. The maximum atomic E-state index is 15.0. The SMILES string of the molecule is Cc1ccc(S(=O)(=O)C23CCN(C(=O)C4CCS(=O)(=O)CC4)C2CCc2cc(C(F)(C(F)(F)F)C(F)(F)F)ccc23)cc1. The van der Waals surface area contributed by atoms with Crippen molar-refractivity contribution in [2.45, 2.75) is 72.7 Å². The highest BCUT2D eigenvalue weighted by atomic mass is 32.2. The van der Waals surface area contributed by atoms with Gasteiger partial charge < -0.3 is 4.90 Å². The first-order chi connectivity index (χ1) is 19.8. The van der Waals surface area contributed by atoms with Crippen molar-refractivity contribution >= 4 is 25.6 Å². The largest absolute Gasteiger partial charge is 0.435 e. The average Bonchev–Trinajstić information content (AvgIpc) is 3.32. The predicted octanol–water partition coefficient (Wildman–Crippen LogP) is 5.33. The standard InChI is InChI=1S/C28H28F7NO5S2/c1-17-2-6-21(7-3-17)43(40,41)25-12-13-36(24(37)18-10-14-42(38,39)15-11-18)23(25)9-4-19-16-20(5-8-22(19)25)26(29,27(30,31)32)28(33,34)35/h2-3,5-8,16,18,23H,4,9-15H2,1H3. The molecule has 2 heterocycles. The molecule has 0 radical (unpaired) electrons. The maximum Gasteiger partial charge on any atom is 0.435 e. The van der Waals surface area contributed by atoms with Crippen LogP contribution in [0.5, 0.6) is 0 Å². The number of likely N-dealkylation sites (tertiary alicyclic amines) is 1. The molecule has 2 fully saturated rings. The summed E-state index contributed by atoms with van der Waals surface area (Å²) < 4.78 is 147. The number of alkyl halides is 7. The van der Waals surface area contributed by atoms with Gasteiger partial charge in [0.25, 0.3) is 0 Å². The van der Waals surface area contributed by atoms with Gasteiger partial charge in [-0.1, -0.05) is 35.9 Å². The zero-order chi connectivity index (χ0) is 31.8. The molecular weight excluding hydrogens is 627 g/mol. The van der Waals surface area contributed by atoms with Crippen molar-refractivity contribution in [1.29, 1.82) is 0 Å². The normalized spacial score (nSPS) is 24.8. The van der Waals surface area contributed by atoms with Crippen LogP contribution >= 0.6 is 0 Å². The number of amides is 1. The second-order valence-corrected chi connectivity index (χ2v) is 16.0. The molecule has 2 atom stereocenters. The summed E-state index contributed by atoms with van der Waals surface area (Å²) in [5.74, 6) is -1.54. The van der Waals surface area contributed by atoms with Crippen molar-refractivity contribution in [3.05, 3.63) is 64.7 Å². The van der Waals surface area contributed by atoms with Gasteiger partial charge in [0.2, 0.25) is 5.91 Å². The van der Waals surface area contributed by atoms with Crippen LogP contribution in [0.4, 0.5) is 30.7 Å². The lowest BCUT2D eigenvalue weighted by atomic mass is 9.76. The van der Waals surface area contributed by atoms with Crippen LogP contribution in [0.3, 0.4) is 0 Å². The highest BCUT2D eigenvalue weighted by Crippen LogP contribution is 2.57. The van der Waals surface area contributed by atoms with E-state index >= 15 is 0 Å². The fourth-order valence-electron chi connectivity index (χ4n) is 6.79. The molecule has 236 valence electrons. The lowest BCUT2D eigenvalue weighted by Crippen LogP contribution is -2.54. The molecule has 3 aliphatic rings. The zero-order valence-electron chi connectivity index (χ0n) is 22.8. The van der Waals surface area contributed by atoms with E-state index in [1.54, 1.807) is 6.92 Å². The van der Waals surface area contributed by atoms with E-state index in [1.165, 1.54) is 29.2 Å². The Labute approximate surface area is 244 Å². The third-order valence-electron chi connectivity index (χ3n) is 9.06. The monoisotopic (exact) mass is 655 g/mol. The van der Waals surface area contributed by atoms with Gasteiger partial charge >= 0.3 is 18.0 Å². The van der Waals surface area contributed by atoms with E-state index in [4.69, 9.17) is 0 Å². The molecule has 0 spiro atoms. The van der Waals surface area contributed by atoms with Crippen LogP contribution in [0.1, 0.15) is 47.9 Å². The Balaban J connectivity index is 1.65. The average molecular weight is 656 g/mol. The third kappa shape index (κ3) is 4.84. The van der Waals surface area contributed by atoms with Gasteiger partial charge in [0.1, 0.15) is 14.6 Å². The summed E-state index contributed by atoms with van der Waals surface area (Å²) in [6.45, 7) is 1.64. The minimum atomic E-state index is -6.34. The summed E-state index contributed by atoms with van der Waals surface area (Å²) >= 11 is 0. The van der Waals surface area contributed by atoms with E-state index in [0.29, 0.717) is 12.1 Å². The molecule has 1 aliphatic carbocycles. The van der Waals surface area contributed by atoms with Crippen LogP contribution in [0.15, 0.2) is 47.4 Å². The van der Waals surface area contributed by atoms with Gasteiger partial charge in [-0.05, 0) is 62.3 Å². The van der Waals surface area contributed by atoms with E-state index in [-0.39, 0.29) is 66.2 Å². The molecule has 1 amide bonds. The lowest BCUT2D eigenvalue weighted by molar-refractivity contribution is -0.348. The number of hydrogen-bond acceptors (Lipinski definition) is 5. The summed E-state index contributed by atoms with van der Waals surface area (Å²) in [7, 11) is -7.75. The second-order valence-electron chi connectivity index (χ2n) is 11.5. The first-order valence-corrected chi connectivity index (χ1v) is 16.9. The van der Waals surface area contributed by atoms with Crippen LogP contribution in [0, 0.1) is 12.8 Å². The van der Waals surface area contributed by atoms with Gasteiger partial charge in [0, 0.05) is 18.0 Å². The quantitative estimate of drug-likeness (QED) is 0.416. The molecule has 15 heteroatoms. The molecule has 2 aromatic rings. The Morgan fingerprint density at radius 1 is 0.907 bits per heavy atom. The highest BCUT2D eigenvalue weighted by molar-refractivity contribution is 7.92. The molecule has 5 rings (SSSR count). The summed E-state index contributed by atoms with van der Waals surface area (Å²) in [6, 6.07) is 6.30. The van der Waals surface area contributed by atoms with E-state index in [9.17, 15) is 52.4 Å². The number of hydrogen-bond donors (Lipinski definition) is 0. The van der Waals surface area contributed by atoms with Gasteiger partial charge in [-0.3, -0.25) is 4.79 Å². The lowest BCUT2D eigenvalue weighted by Gasteiger charge is -2.43. The Bertz CT molecular complexity index is 1630. The third-order valence-corrected chi connectivity index (χ3v) is 13.3. The van der Waals surface area contributed by atoms with Crippen LogP contribution in [0.2, 0.25) is 0 Å². The van der Waals surface area contributed by atoms with Gasteiger partial charge in [-0.25, -0.2) is 21.2 Å². The smallest absolute Gasteiger partial charge is 0.337 e. The maximum absolute atomic E-state index is 15.0. The Kier molecular flexibility index (Phi) is 7.51. The number of sulfone groups is 2. The number of halogens is 7. The fraction of sp³-hybridized carbons (Fsp3) is 0.536. The Morgan fingerprint density at radius 3 is 2.05 bits per heavy atom. The molecule has 43 heavy (non-hydrogen) atoms. The van der Waals surface area contributed by atoms with Crippen LogP contribution < -0.4 is 0 Å². The zero-order valence-corrected chi connectivity index (χ0v) is 24.4. The summed E-state index contributed by atoms with van der Waals surface area (Å²) in [5, 5.41) is 0. The van der Waals surface area contributed by atoms with Gasteiger partial charge in [0.05, 0.1) is 22.4 Å². The van der Waals surface area contributed by atoms with Crippen molar-refractivity contribution in [1.82, 2.24) is 4.90 Å². The first kappa shape index (κ1) is 31.7. The highest BCUT2D eigenvalue weighted by Gasteiger charge is 2.74. The summed E-state index contributed by atoms with van der Waals surface area (Å²) in [5.41, 5.74) is -6.93. The molecule has 0 N–H and O–H groups in total. The van der Waals surface area contributed by atoms with E-state index < -0.39 is 65.9 Å². The van der Waals surface area contributed by atoms with Gasteiger partial charge in [-0.2, -0.15) is 26.3 Å². The van der Waals surface area contributed by atoms with Crippen LogP contribution in [0.25, 0.3) is 0 Å². The summed E-state index contributed by atoms with van der Waals surface area (Å²) in [6.07, 6.45) is -13.1. The van der Waals surface area contributed by atoms with Crippen LogP contribution in [-0.4, -0.2) is 64.1 Å². The number of benzene rings is 2. The number of fused-ring (bicyclic) bond motifs is 3.